The smallest absolute Gasteiger partial charge is 0.245 e. The fourth-order valence-corrected chi connectivity index (χ4v) is 2.83. The number of amides is 1. The predicted molar refractivity (Wildman–Crippen MR) is 83.8 cm³/mol. The molecule has 2 aromatic rings. The minimum Gasteiger partial charge on any atom is -0.322 e. The first kappa shape index (κ1) is 14.2. The molecule has 98 valence electrons. The first-order valence-electron chi connectivity index (χ1n) is 5.65. The Kier molecular flexibility index (Phi) is 4.74. The van der Waals surface area contributed by atoms with Crippen molar-refractivity contribution in [2.24, 2.45) is 5.73 Å². The first-order valence-corrected chi connectivity index (χ1v) is 7.23. The van der Waals surface area contributed by atoms with Crippen LogP contribution in [-0.4, -0.2) is 5.91 Å². The Morgan fingerprint density at radius 1 is 1.00 bits per heavy atom. The van der Waals surface area contributed by atoms with E-state index in [1.807, 2.05) is 48.5 Å². The van der Waals surface area contributed by atoms with Crippen molar-refractivity contribution in [2.45, 2.75) is 6.04 Å². The fourth-order valence-electron chi connectivity index (χ4n) is 1.63. The van der Waals surface area contributed by atoms with E-state index in [0.717, 1.165) is 14.5 Å². The number of hydrogen-bond acceptors (Lipinski definition) is 2. The van der Waals surface area contributed by atoms with E-state index in [9.17, 15) is 4.79 Å². The van der Waals surface area contributed by atoms with Crippen LogP contribution in [0.5, 0.6) is 0 Å². The van der Waals surface area contributed by atoms with Gasteiger partial charge in [0.25, 0.3) is 0 Å². The van der Waals surface area contributed by atoms with E-state index in [4.69, 9.17) is 5.73 Å². The van der Waals surface area contributed by atoms with Gasteiger partial charge in [-0.3, -0.25) is 4.79 Å². The molecular weight excluding hydrogens is 372 g/mol. The van der Waals surface area contributed by atoms with Crippen LogP contribution in [0.25, 0.3) is 0 Å². The summed E-state index contributed by atoms with van der Waals surface area (Å²) in [6, 6.07) is 14.2. The minimum atomic E-state index is -0.694. The van der Waals surface area contributed by atoms with Crippen LogP contribution in [-0.2, 0) is 4.79 Å². The standard InChI is InChI=1S/C14H12Br2N2O/c15-10-7-4-8-11(16)13(10)18-14(19)12(17)9-5-2-1-3-6-9/h1-8,12H,17H2,(H,18,19)/t12-/m0/s1. The molecule has 0 aliphatic rings. The van der Waals surface area contributed by atoms with Crippen molar-refractivity contribution >= 4 is 43.5 Å². The maximum Gasteiger partial charge on any atom is 0.245 e. The van der Waals surface area contributed by atoms with Gasteiger partial charge in [0.05, 0.1) is 5.69 Å². The van der Waals surface area contributed by atoms with Crippen molar-refractivity contribution in [3.05, 3.63) is 63.0 Å². The Morgan fingerprint density at radius 3 is 2.16 bits per heavy atom. The number of benzene rings is 2. The summed E-state index contributed by atoms with van der Waals surface area (Å²) in [5.41, 5.74) is 7.40. The molecule has 3 N–H and O–H groups in total. The van der Waals surface area contributed by atoms with Gasteiger partial charge >= 0.3 is 0 Å². The molecule has 19 heavy (non-hydrogen) atoms. The average molecular weight is 384 g/mol. The maximum absolute atomic E-state index is 12.1. The molecule has 0 aliphatic heterocycles. The molecule has 2 rings (SSSR count). The Labute approximate surface area is 128 Å². The van der Waals surface area contributed by atoms with Crippen molar-refractivity contribution in [2.75, 3.05) is 5.32 Å². The van der Waals surface area contributed by atoms with Gasteiger partial charge in [-0.2, -0.15) is 0 Å². The molecule has 0 aromatic heterocycles. The van der Waals surface area contributed by atoms with Crippen LogP contribution < -0.4 is 11.1 Å². The predicted octanol–water partition coefficient (Wildman–Crippen LogP) is 3.85. The summed E-state index contributed by atoms with van der Waals surface area (Å²) in [5, 5.41) is 2.82. The highest BCUT2D eigenvalue weighted by atomic mass is 79.9. The molecule has 0 unspecified atom stereocenters. The molecule has 0 fully saturated rings. The van der Waals surface area contributed by atoms with E-state index in [1.165, 1.54) is 0 Å². The second kappa shape index (κ2) is 6.32. The van der Waals surface area contributed by atoms with Crippen LogP contribution in [0.4, 0.5) is 5.69 Å². The number of anilines is 1. The van der Waals surface area contributed by atoms with Gasteiger partial charge in [-0.15, -0.1) is 0 Å². The number of carbonyl (C=O) groups is 1. The third-order valence-electron chi connectivity index (χ3n) is 2.65. The molecule has 1 amide bonds. The van der Waals surface area contributed by atoms with E-state index in [-0.39, 0.29) is 5.91 Å². The van der Waals surface area contributed by atoms with Crippen molar-refractivity contribution in [1.29, 1.82) is 0 Å². The summed E-state index contributed by atoms with van der Waals surface area (Å²) < 4.78 is 1.60. The van der Waals surface area contributed by atoms with Crippen molar-refractivity contribution in [3.8, 4) is 0 Å². The van der Waals surface area contributed by atoms with Gasteiger partial charge in [-0.25, -0.2) is 0 Å². The van der Waals surface area contributed by atoms with Crippen LogP contribution in [0.15, 0.2) is 57.5 Å². The Bertz CT molecular complexity index is 567. The molecule has 0 radical (unpaired) electrons. The second-order valence-corrected chi connectivity index (χ2v) is 5.68. The summed E-state index contributed by atoms with van der Waals surface area (Å²) >= 11 is 6.79. The Balaban J connectivity index is 2.18. The molecule has 3 nitrogen and oxygen atoms in total. The van der Waals surface area contributed by atoms with Crippen LogP contribution in [0.1, 0.15) is 11.6 Å². The SMILES string of the molecule is N[C@H](C(=O)Nc1c(Br)cccc1Br)c1ccccc1. The Hall–Kier alpha value is -1.17. The summed E-state index contributed by atoms with van der Waals surface area (Å²) in [6.07, 6.45) is 0. The lowest BCUT2D eigenvalue weighted by atomic mass is 10.1. The summed E-state index contributed by atoms with van der Waals surface area (Å²) in [5.74, 6) is -0.251. The number of para-hydroxylation sites is 1. The third kappa shape index (κ3) is 3.43. The maximum atomic E-state index is 12.1. The quantitative estimate of drug-likeness (QED) is 0.845. The van der Waals surface area contributed by atoms with Gasteiger partial charge in [-0.1, -0.05) is 36.4 Å². The minimum absolute atomic E-state index is 0.251. The largest absolute Gasteiger partial charge is 0.322 e. The summed E-state index contributed by atoms with van der Waals surface area (Å²) in [6.45, 7) is 0. The number of hydrogen-bond donors (Lipinski definition) is 2. The zero-order chi connectivity index (χ0) is 13.8. The highest BCUT2D eigenvalue weighted by molar-refractivity contribution is 9.11. The van der Waals surface area contributed by atoms with Crippen LogP contribution in [0, 0.1) is 0 Å². The van der Waals surface area contributed by atoms with Gasteiger partial charge in [-0.05, 0) is 49.6 Å². The van der Waals surface area contributed by atoms with Crippen molar-refractivity contribution in [3.63, 3.8) is 0 Å². The summed E-state index contributed by atoms with van der Waals surface area (Å²) in [7, 11) is 0. The van der Waals surface area contributed by atoms with Gasteiger partial charge < -0.3 is 11.1 Å². The normalized spacial score (nSPS) is 11.9. The van der Waals surface area contributed by atoms with E-state index in [1.54, 1.807) is 0 Å². The number of nitrogens with one attached hydrogen (secondary N) is 1. The van der Waals surface area contributed by atoms with E-state index < -0.39 is 6.04 Å². The topological polar surface area (TPSA) is 55.1 Å². The molecule has 5 heteroatoms. The van der Waals surface area contributed by atoms with Gasteiger partial charge in [0, 0.05) is 8.95 Å². The molecule has 0 bridgehead atoms. The van der Waals surface area contributed by atoms with Gasteiger partial charge in [0.2, 0.25) is 5.91 Å². The third-order valence-corrected chi connectivity index (χ3v) is 3.97. The molecule has 0 saturated carbocycles. The molecule has 0 saturated heterocycles. The molecule has 0 aliphatic carbocycles. The van der Waals surface area contributed by atoms with Crippen LogP contribution in [0.3, 0.4) is 0 Å². The molecule has 2 aromatic carbocycles. The number of halogens is 2. The zero-order valence-electron chi connectivity index (χ0n) is 9.94. The van der Waals surface area contributed by atoms with Gasteiger partial charge in [0.15, 0.2) is 0 Å². The lowest BCUT2D eigenvalue weighted by Gasteiger charge is -2.14. The number of rotatable bonds is 3. The lowest BCUT2D eigenvalue weighted by Crippen LogP contribution is -2.27. The number of nitrogens with two attached hydrogens (primary N) is 1. The molecule has 0 heterocycles. The average Bonchev–Trinajstić information content (AvgIpc) is 2.43. The van der Waals surface area contributed by atoms with E-state index in [0.29, 0.717) is 5.69 Å². The van der Waals surface area contributed by atoms with Crippen LogP contribution >= 0.6 is 31.9 Å². The highest BCUT2D eigenvalue weighted by Gasteiger charge is 2.17. The second-order valence-electron chi connectivity index (χ2n) is 3.97. The monoisotopic (exact) mass is 382 g/mol. The van der Waals surface area contributed by atoms with Crippen molar-refractivity contribution in [1.82, 2.24) is 0 Å². The van der Waals surface area contributed by atoms with Crippen molar-refractivity contribution < 1.29 is 4.79 Å². The first-order chi connectivity index (χ1) is 9.09. The Morgan fingerprint density at radius 2 is 1.58 bits per heavy atom. The van der Waals surface area contributed by atoms with E-state index >= 15 is 0 Å². The zero-order valence-corrected chi connectivity index (χ0v) is 13.1. The van der Waals surface area contributed by atoms with Crippen LogP contribution in [0.2, 0.25) is 0 Å². The number of carbonyl (C=O) groups excluding carboxylic acids is 1. The summed E-state index contributed by atoms with van der Waals surface area (Å²) in [4.78, 5) is 12.1. The van der Waals surface area contributed by atoms with Gasteiger partial charge in [0.1, 0.15) is 6.04 Å². The highest BCUT2D eigenvalue weighted by Crippen LogP contribution is 2.31. The molecule has 1 atom stereocenters. The lowest BCUT2D eigenvalue weighted by molar-refractivity contribution is -0.117. The van der Waals surface area contributed by atoms with E-state index in [2.05, 4.69) is 37.2 Å². The molecular formula is C14H12Br2N2O. The molecule has 0 spiro atoms. The fraction of sp³-hybridized carbons (Fsp3) is 0.0714.